The summed E-state index contributed by atoms with van der Waals surface area (Å²) in [6, 6.07) is 0. The summed E-state index contributed by atoms with van der Waals surface area (Å²) in [5.74, 6) is 2.62. The molecular weight excluding hydrogens is 232 g/mol. The lowest BCUT2D eigenvalue weighted by Crippen LogP contribution is -2.30. The largest absolute Gasteiger partial charge is 0.298 e. The van der Waals surface area contributed by atoms with Crippen LogP contribution < -0.4 is 0 Å². The summed E-state index contributed by atoms with van der Waals surface area (Å²) in [6.45, 7) is 6.82. The molecule has 4 aliphatic rings. The van der Waals surface area contributed by atoms with Crippen LogP contribution in [-0.2, 0) is 4.79 Å². The predicted octanol–water partition coefficient (Wildman–Crippen LogP) is 4.54. The van der Waals surface area contributed by atoms with Crippen molar-refractivity contribution in [2.24, 2.45) is 28.6 Å². The average molecular weight is 258 g/mol. The van der Waals surface area contributed by atoms with Crippen LogP contribution in [0.4, 0.5) is 0 Å². The Hall–Kier alpha value is -0.850. The van der Waals surface area contributed by atoms with Crippen molar-refractivity contribution in [2.75, 3.05) is 0 Å². The van der Waals surface area contributed by atoms with Crippen molar-refractivity contribution in [3.8, 4) is 0 Å². The van der Waals surface area contributed by atoms with E-state index in [2.05, 4.69) is 39.0 Å². The third-order valence-electron chi connectivity index (χ3n) is 6.62. The van der Waals surface area contributed by atoms with Gasteiger partial charge in [-0.05, 0) is 60.8 Å². The zero-order chi connectivity index (χ0) is 13.7. The average Bonchev–Trinajstić information content (AvgIpc) is 3.11. The van der Waals surface area contributed by atoms with Gasteiger partial charge in [0.15, 0.2) is 0 Å². The molecular formula is C18H26O. The fourth-order valence-corrected chi connectivity index (χ4v) is 4.63. The lowest BCUT2D eigenvalue weighted by atomic mass is 9.68. The number of hydrogen-bond acceptors (Lipinski definition) is 1. The van der Waals surface area contributed by atoms with Crippen molar-refractivity contribution in [3.05, 3.63) is 23.8 Å². The van der Waals surface area contributed by atoms with Crippen LogP contribution in [0, 0.1) is 28.6 Å². The number of allylic oxidation sites excluding steroid dienone is 4. The number of aldehydes is 1. The highest BCUT2D eigenvalue weighted by atomic mass is 16.1. The maximum Gasteiger partial charge on any atom is 0.146 e. The highest BCUT2D eigenvalue weighted by molar-refractivity contribution is 5.77. The van der Waals surface area contributed by atoms with Gasteiger partial charge in [-0.15, -0.1) is 0 Å². The molecule has 0 spiro atoms. The molecule has 4 bridgehead atoms. The van der Waals surface area contributed by atoms with E-state index in [0.717, 1.165) is 23.7 Å². The smallest absolute Gasteiger partial charge is 0.146 e. The SMILES string of the molecule is C1=CC2CCC1C2.CC12CCC(C=C1C=O)C2(C)C. The van der Waals surface area contributed by atoms with Gasteiger partial charge in [0.1, 0.15) is 6.29 Å². The van der Waals surface area contributed by atoms with E-state index in [9.17, 15) is 4.79 Å². The molecule has 2 saturated carbocycles. The minimum absolute atomic E-state index is 0.166. The van der Waals surface area contributed by atoms with Gasteiger partial charge in [-0.25, -0.2) is 0 Å². The van der Waals surface area contributed by atoms with Crippen molar-refractivity contribution in [1.29, 1.82) is 0 Å². The van der Waals surface area contributed by atoms with Crippen LogP contribution in [0.5, 0.6) is 0 Å². The molecule has 1 heteroatoms. The molecule has 1 nitrogen and oxygen atoms in total. The first-order valence-electron chi connectivity index (χ1n) is 7.83. The number of carbonyl (C=O) groups is 1. The van der Waals surface area contributed by atoms with E-state index in [1.807, 2.05) is 0 Å². The van der Waals surface area contributed by atoms with Gasteiger partial charge in [0.2, 0.25) is 0 Å². The third kappa shape index (κ3) is 1.85. The molecule has 4 rings (SSSR count). The fraction of sp³-hybridized carbons (Fsp3) is 0.722. The Bertz CT molecular complexity index is 431. The van der Waals surface area contributed by atoms with Gasteiger partial charge in [-0.3, -0.25) is 4.79 Å². The van der Waals surface area contributed by atoms with E-state index >= 15 is 0 Å². The van der Waals surface area contributed by atoms with Crippen LogP contribution in [0.2, 0.25) is 0 Å². The van der Waals surface area contributed by atoms with Crippen LogP contribution in [0.3, 0.4) is 0 Å². The van der Waals surface area contributed by atoms with Crippen molar-refractivity contribution in [1.82, 2.24) is 0 Å². The standard InChI is InChI=1S/C11H16O.C7H10/c1-10(2)8-4-5-11(10,3)9(6-8)7-12;1-2-7-4-3-6(1)5-7/h6-8H,4-5H2,1-3H3;1-2,6-7H,3-5H2. The van der Waals surface area contributed by atoms with Crippen molar-refractivity contribution < 1.29 is 4.79 Å². The molecule has 2 fully saturated rings. The Balaban J connectivity index is 0.000000132. The Morgan fingerprint density at radius 3 is 1.95 bits per heavy atom. The van der Waals surface area contributed by atoms with Gasteiger partial charge in [-0.1, -0.05) is 39.0 Å². The molecule has 4 unspecified atom stereocenters. The number of rotatable bonds is 1. The van der Waals surface area contributed by atoms with Gasteiger partial charge in [-0.2, -0.15) is 0 Å². The molecule has 0 aliphatic heterocycles. The fourth-order valence-electron chi connectivity index (χ4n) is 4.63. The van der Waals surface area contributed by atoms with E-state index in [1.54, 1.807) is 0 Å². The number of fused-ring (bicyclic) bond motifs is 4. The minimum atomic E-state index is 0.166. The van der Waals surface area contributed by atoms with Gasteiger partial charge >= 0.3 is 0 Å². The first-order valence-corrected chi connectivity index (χ1v) is 7.83. The maximum absolute atomic E-state index is 10.8. The van der Waals surface area contributed by atoms with Crippen molar-refractivity contribution in [2.45, 2.75) is 52.9 Å². The zero-order valence-electron chi connectivity index (χ0n) is 12.5. The lowest BCUT2D eigenvalue weighted by Gasteiger charge is -2.35. The molecule has 0 radical (unpaired) electrons. The number of hydrogen-bond donors (Lipinski definition) is 0. The van der Waals surface area contributed by atoms with Gasteiger partial charge in [0.25, 0.3) is 0 Å². The van der Waals surface area contributed by atoms with Crippen LogP contribution in [0.15, 0.2) is 23.8 Å². The summed E-state index contributed by atoms with van der Waals surface area (Å²) in [6.07, 6.45) is 14.9. The second kappa shape index (κ2) is 4.33. The molecule has 4 aliphatic carbocycles. The van der Waals surface area contributed by atoms with Crippen molar-refractivity contribution in [3.63, 3.8) is 0 Å². The summed E-state index contributed by atoms with van der Waals surface area (Å²) in [5, 5.41) is 0. The van der Waals surface area contributed by atoms with Crippen LogP contribution >= 0.6 is 0 Å². The lowest BCUT2D eigenvalue weighted by molar-refractivity contribution is -0.106. The zero-order valence-corrected chi connectivity index (χ0v) is 12.5. The molecule has 0 amide bonds. The highest BCUT2D eigenvalue weighted by Gasteiger charge is 2.56. The molecule has 19 heavy (non-hydrogen) atoms. The molecule has 0 heterocycles. The van der Waals surface area contributed by atoms with E-state index < -0.39 is 0 Å². The molecule has 4 atom stereocenters. The van der Waals surface area contributed by atoms with E-state index in [0.29, 0.717) is 11.3 Å². The van der Waals surface area contributed by atoms with Gasteiger partial charge < -0.3 is 0 Å². The Morgan fingerprint density at radius 2 is 1.74 bits per heavy atom. The third-order valence-corrected chi connectivity index (χ3v) is 6.62. The van der Waals surface area contributed by atoms with Crippen LogP contribution in [0.25, 0.3) is 0 Å². The Morgan fingerprint density at radius 1 is 1.11 bits per heavy atom. The molecule has 0 N–H and O–H groups in total. The topological polar surface area (TPSA) is 17.1 Å². The second-order valence-electron chi connectivity index (χ2n) is 7.66. The Labute approximate surface area is 117 Å². The van der Waals surface area contributed by atoms with Crippen LogP contribution in [0.1, 0.15) is 52.9 Å². The quantitative estimate of drug-likeness (QED) is 0.498. The summed E-state index contributed by atoms with van der Waals surface area (Å²) in [4.78, 5) is 10.8. The maximum atomic E-state index is 10.8. The summed E-state index contributed by atoms with van der Waals surface area (Å²) in [7, 11) is 0. The Kier molecular flexibility index (Phi) is 2.99. The monoisotopic (exact) mass is 258 g/mol. The summed E-state index contributed by atoms with van der Waals surface area (Å²) >= 11 is 0. The summed E-state index contributed by atoms with van der Waals surface area (Å²) < 4.78 is 0. The molecule has 0 aromatic heterocycles. The number of carbonyl (C=O) groups excluding carboxylic acids is 1. The minimum Gasteiger partial charge on any atom is -0.298 e. The van der Waals surface area contributed by atoms with Gasteiger partial charge in [0, 0.05) is 5.41 Å². The van der Waals surface area contributed by atoms with E-state index in [1.165, 1.54) is 32.1 Å². The first-order chi connectivity index (χ1) is 8.97. The van der Waals surface area contributed by atoms with E-state index in [4.69, 9.17) is 0 Å². The normalized spacial score (nSPS) is 43.9. The molecule has 0 aromatic rings. The molecule has 104 valence electrons. The van der Waals surface area contributed by atoms with Crippen molar-refractivity contribution >= 4 is 6.29 Å². The van der Waals surface area contributed by atoms with E-state index in [-0.39, 0.29) is 5.41 Å². The van der Waals surface area contributed by atoms with Gasteiger partial charge in [0.05, 0.1) is 0 Å². The first kappa shape index (κ1) is 13.1. The highest BCUT2D eigenvalue weighted by Crippen LogP contribution is 2.64. The molecule has 0 saturated heterocycles. The van der Waals surface area contributed by atoms with Crippen LogP contribution in [-0.4, -0.2) is 6.29 Å². The molecule has 0 aromatic carbocycles. The predicted molar refractivity (Wildman–Crippen MR) is 78.7 cm³/mol. The second-order valence-corrected chi connectivity index (χ2v) is 7.66. The summed E-state index contributed by atoms with van der Waals surface area (Å²) in [5.41, 5.74) is 1.52.